The van der Waals surface area contributed by atoms with E-state index in [9.17, 15) is 4.79 Å². The number of hydrogen-bond acceptors (Lipinski definition) is 4. The summed E-state index contributed by atoms with van der Waals surface area (Å²) in [7, 11) is 0. The summed E-state index contributed by atoms with van der Waals surface area (Å²) in [6.45, 7) is 2.85. The second-order valence-corrected chi connectivity index (χ2v) is 6.71. The minimum atomic E-state index is -0.0561. The summed E-state index contributed by atoms with van der Waals surface area (Å²) in [5, 5.41) is 3.36. The molecule has 1 aliphatic rings. The molecular formula is C19H22ClN3O2. The van der Waals surface area contributed by atoms with E-state index >= 15 is 0 Å². The molecule has 3 rings (SSSR count). The van der Waals surface area contributed by atoms with Crippen LogP contribution >= 0.6 is 11.6 Å². The molecule has 1 saturated heterocycles. The van der Waals surface area contributed by atoms with Gasteiger partial charge in [0.25, 0.3) is 0 Å². The third kappa shape index (κ3) is 5.73. The van der Waals surface area contributed by atoms with Crippen LogP contribution in [0.1, 0.15) is 12.8 Å². The maximum Gasteiger partial charge on any atom is 0.239 e. The van der Waals surface area contributed by atoms with Crippen molar-refractivity contribution in [1.82, 2.24) is 9.88 Å². The van der Waals surface area contributed by atoms with E-state index in [0.717, 1.165) is 31.7 Å². The molecule has 5 nitrogen and oxygen atoms in total. The predicted octanol–water partition coefficient (Wildman–Crippen LogP) is 3.46. The van der Waals surface area contributed by atoms with Crippen molar-refractivity contribution in [2.75, 3.05) is 31.6 Å². The average molecular weight is 360 g/mol. The lowest BCUT2D eigenvalue weighted by Crippen LogP contribution is -2.42. The summed E-state index contributed by atoms with van der Waals surface area (Å²) >= 11 is 5.80. The lowest BCUT2D eigenvalue weighted by molar-refractivity contribution is -0.117. The number of carbonyl (C=O) groups is 1. The molecule has 1 fully saturated rings. The molecule has 1 aromatic heterocycles. The van der Waals surface area contributed by atoms with Crippen molar-refractivity contribution < 1.29 is 9.53 Å². The molecule has 1 aromatic carbocycles. The number of para-hydroxylation sites is 1. The fourth-order valence-electron chi connectivity index (χ4n) is 3.00. The van der Waals surface area contributed by atoms with Crippen molar-refractivity contribution >= 4 is 23.3 Å². The normalized spacial score (nSPS) is 17.9. The van der Waals surface area contributed by atoms with E-state index < -0.39 is 0 Å². The van der Waals surface area contributed by atoms with Crippen LogP contribution in [-0.4, -0.2) is 42.0 Å². The van der Waals surface area contributed by atoms with Gasteiger partial charge in [-0.3, -0.25) is 9.69 Å². The summed E-state index contributed by atoms with van der Waals surface area (Å²) in [5.41, 5.74) is 0. The zero-order valence-electron chi connectivity index (χ0n) is 14.0. The molecule has 1 aliphatic heterocycles. The Morgan fingerprint density at radius 2 is 2.12 bits per heavy atom. The molecule has 0 spiro atoms. The summed E-state index contributed by atoms with van der Waals surface area (Å²) < 4.78 is 5.86. The van der Waals surface area contributed by atoms with Gasteiger partial charge in [0.1, 0.15) is 11.6 Å². The van der Waals surface area contributed by atoms with Gasteiger partial charge in [0.15, 0.2) is 0 Å². The highest BCUT2D eigenvalue weighted by atomic mass is 35.5. The Hall–Kier alpha value is -2.11. The fraction of sp³-hybridized carbons (Fsp3) is 0.368. The minimum absolute atomic E-state index is 0.0561. The van der Waals surface area contributed by atoms with Crippen LogP contribution < -0.4 is 10.1 Å². The first-order valence-corrected chi connectivity index (χ1v) is 8.88. The largest absolute Gasteiger partial charge is 0.493 e. The van der Waals surface area contributed by atoms with Crippen LogP contribution in [0.3, 0.4) is 0 Å². The number of carbonyl (C=O) groups excluding carboxylic acids is 1. The molecule has 1 N–H and O–H groups in total. The van der Waals surface area contributed by atoms with Crippen LogP contribution in [0.2, 0.25) is 5.02 Å². The summed E-state index contributed by atoms with van der Waals surface area (Å²) in [5.74, 6) is 1.80. The summed E-state index contributed by atoms with van der Waals surface area (Å²) in [6, 6.07) is 13.3. The number of nitrogens with one attached hydrogen (secondary N) is 1. The van der Waals surface area contributed by atoms with Crippen LogP contribution in [0.15, 0.2) is 48.7 Å². The first-order valence-electron chi connectivity index (χ1n) is 8.50. The monoisotopic (exact) mass is 359 g/mol. The van der Waals surface area contributed by atoms with Crippen LogP contribution in [-0.2, 0) is 4.79 Å². The zero-order valence-corrected chi connectivity index (χ0v) is 14.8. The minimum Gasteiger partial charge on any atom is -0.493 e. The Morgan fingerprint density at radius 1 is 1.28 bits per heavy atom. The molecule has 1 atom stereocenters. The molecule has 0 radical (unpaired) electrons. The number of rotatable bonds is 6. The maximum atomic E-state index is 12.2. The van der Waals surface area contributed by atoms with E-state index in [1.165, 1.54) is 6.20 Å². The summed E-state index contributed by atoms with van der Waals surface area (Å²) in [6.07, 6.45) is 3.73. The van der Waals surface area contributed by atoms with E-state index in [1.807, 2.05) is 30.3 Å². The SMILES string of the molecule is O=C(CN1CCCC(COc2ccccc2)C1)Nc1ccc(Cl)cn1. The molecule has 2 aromatic rings. The number of piperidine rings is 1. The molecule has 0 bridgehead atoms. The van der Waals surface area contributed by atoms with E-state index in [1.54, 1.807) is 12.1 Å². The third-order valence-electron chi connectivity index (χ3n) is 4.19. The van der Waals surface area contributed by atoms with Crippen molar-refractivity contribution in [2.45, 2.75) is 12.8 Å². The van der Waals surface area contributed by atoms with Gasteiger partial charge in [-0.15, -0.1) is 0 Å². The molecular weight excluding hydrogens is 338 g/mol. The van der Waals surface area contributed by atoms with Gasteiger partial charge in [-0.05, 0) is 43.7 Å². The smallest absolute Gasteiger partial charge is 0.239 e. The van der Waals surface area contributed by atoms with Crippen LogP contribution in [0, 0.1) is 5.92 Å². The molecule has 132 valence electrons. The van der Waals surface area contributed by atoms with Gasteiger partial charge >= 0.3 is 0 Å². The lowest BCUT2D eigenvalue weighted by atomic mass is 9.99. The average Bonchev–Trinajstić information content (AvgIpc) is 2.63. The molecule has 0 aliphatic carbocycles. The second kappa shape index (κ2) is 8.83. The van der Waals surface area contributed by atoms with Gasteiger partial charge in [-0.25, -0.2) is 4.98 Å². The number of pyridine rings is 1. The first kappa shape index (κ1) is 17.7. The second-order valence-electron chi connectivity index (χ2n) is 6.28. The van der Waals surface area contributed by atoms with E-state index in [-0.39, 0.29) is 5.91 Å². The number of nitrogens with zero attached hydrogens (tertiary/aromatic N) is 2. The quantitative estimate of drug-likeness (QED) is 0.858. The molecule has 2 heterocycles. The van der Waals surface area contributed by atoms with Crippen LogP contribution in [0.25, 0.3) is 0 Å². The Balaban J connectivity index is 1.44. The highest BCUT2D eigenvalue weighted by Crippen LogP contribution is 2.19. The van der Waals surface area contributed by atoms with Crippen LogP contribution in [0.4, 0.5) is 5.82 Å². The Morgan fingerprint density at radius 3 is 2.88 bits per heavy atom. The van der Waals surface area contributed by atoms with Gasteiger partial charge in [0.05, 0.1) is 18.2 Å². The summed E-state index contributed by atoms with van der Waals surface area (Å²) in [4.78, 5) is 18.5. The third-order valence-corrected chi connectivity index (χ3v) is 4.42. The molecule has 0 saturated carbocycles. The number of hydrogen-bond donors (Lipinski definition) is 1. The maximum absolute atomic E-state index is 12.2. The Bertz CT molecular complexity index is 679. The number of benzene rings is 1. The van der Waals surface area contributed by atoms with E-state index in [0.29, 0.717) is 29.9 Å². The highest BCUT2D eigenvalue weighted by Gasteiger charge is 2.22. The van der Waals surface area contributed by atoms with Crippen molar-refractivity contribution in [2.24, 2.45) is 5.92 Å². The van der Waals surface area contributed by atoms with Crippen molar-refractivity contribution in [1.29, 1.82) is 0 Å². The van der Waals surface area contributed by atoms with Crippen molar-refractivity contribution in [3.63, 3.8) is 0 Å². The standard InChI is InChI=1S/C19H22ClN3O2/c20-16-8-9-18(21-11-16)22-19(24)13-23-10-4-5-15(12-23)14-25-17-6-2-1-3-7-17/h1-3,6-9,11,15H,4-5,10,12-14H2,(H,21,22,24). The van der Waals surface area contributed by atoms with Crippen molar-refractivity contribution in [3.05, 3.63) is 53.7 Å². The van der Waals surface area contributed by atoms with Gasteiger partial charge in [-0.2, -0.15) is 0 Å². The highest BCUT2D eigenvalue weighted by molar-refractivity contribution is 6.30. The first-order chi connectivity index (χ1) is 12.2. The number of anilines is 1. The van der Waals surface area contributed by atoms with E-state index in [2.05, 4.69) is 15.2 Å². The zero-order chi connectivity index (χ0) is 17.5. The predicted molar refractivity (Wildman–Crippen MR) is 99.0 cm³/mol. The number of likely N-dealkylation sites (tertiary alicyclic amines) is 1. The van der Waals surface area contributed by atoms with Gasteiger partial charge in [0, 0.05) is 18.7 Å². The number of ether oxygens (including phenoxy) is 1. The Kier molecular flexibility index (Phi) is 6.25. The number of amides is 1. The fourth-order valence-corrected chi connectivity index (χ4v) is 3.11. The molecule has 1 amide bonds. The van der Waals surface area contributed by atoms with Crippen LogP contribution in [0.5, 0.6) is 5.75 Å². The van der Waals surface area contributed by atoms with Gasteiger partial charge < -0.3 is 10.1 Å². The molecule has 25 heavy (non-hydrogen) atoms. The van der Waals surface area contributed by atoms with Gasteiger partial charge in [-0.1, -0.05) is 29.8 Å². The molecule has 1 unspecified atom stereocenters. The van der Waals surface area contributed by atoms with Gasteiger partial charge in [0.2, 0.25) is 5.91 Å². The topological polar surface area (TPSA) is 54.5 Å². The van der Waals surface area contributed by atoms with Crippen molar-refractivity contribution in [3.8, 4) is 5.75 Å². The number of halogens is 1. The lowest BCUT2D eigenvalue weighted by Gasteiger charge is -2.32. The number of aromatic nitrogens is 1. The van der Waals surface area contributed by atoms with E-state index in [4.69, 9.17) is 16.3 Å². The Labute approximate surface area is 153 Å². The molecule has 6 heteroatoms.